The van der Waals surface area contributed by atoms with Crippen molar-refractivity contribution in [3.63, 3.8) is 0 Å². The largest absolute Gasteiger partial charge is 0.508 e. The lowest BCUT2D eigenvalue weighted by Crippen LogP contribution is -2.63. The molecule has 0 aliphatic carbocycles. The zero-order valence-corrected chi connectivity index (χ0v) is 30.7. The molecule has 16 heteroatoms. The smallest absolute Gasteiger partial charge is 0.334 e. The quantitative estimate of drug-likeness (QED) is 0.0404. The molecule has 0 bridgehead atoms. The Morgan fingerprint density at radius 1 is 1.00 bits per heavy atom. The maximum absolute atomic E-state index is 13.5. The van der Waals surface area contributed by atoms with Gasteiger partial charge in [-0.2, -0.15) is 4.73 Å². The number of phenolic OH excluding ortho intramolecular Hbond substituents is 1. The van der Waals surface area contributed by atoms with Gasteiger partial charge in [0.15, 0.2) is 5.43 Å². The fourth-order valence-corrected chi connectivity index (χ4v) is 6.80. The third-order valence-corrected chi connectivity index (χ3v) is 9.53. The van der Waals surface area contributed by atoms with Crippen molar-refractivity contribution in [2.75, 3.05) is 13.2 Å². The molecule has 57 heavy (non-hydrogen) atoms. The van der Waals surface area contributed by atoms with Gasteiger partial charge < -0.3 is 53.7 Å². The van der Waals surface area contributed by atoms with E-state index >= 15 is 0 Å². The summed E-state index contributed by atoms with van der Waals surface area (Å²) in [6, 6.07) is 16.5. The zero-order chi connectivity index (χ0) is 40.4. The second kappa shape index (κ2) is 16.3. The zero-order valence-electron chi connectivity index (χ0n) is 30.7. The number of aldehydes is 1. The molecule has 0 saturated carbocycles. The molecule has 16 nitrogen and oxygen atoms in total. The number of nitrogens with one attached hydrogen (secondary N) is 2. The summed E-state index contributed by atoms with van der Waals surface area (Å²) in [5.41, 5.74) is 4.74. The van der Waals surface area contributed by atoms with Crippen molar-refractivity contribution in [2.45, 2.75) is 57.0 Å². The molecule has 296 valence electrons. The number of aryl methyl sites for hydroxylation is 2. The minimum Gasteiger partial charge on any atom is -0.508 e. The van der Waals surface area contributed by atoms with E-state index in [9.17, 15) is 39.6 Å². The van der Waals surface area contributed by atoms with Crippen molar-refractivity contribution in [1.29, 1.82) is 0 Å². The van der Waals surface area contributed by atoms with Gasteiger partial charge in [-0.15, -0.1) is 0 Å². The number of carboxylic acids is 1. The summed E-state index contributed by atoms with van der Waals surface area (Å²) in [5.74, 6) is -2.61. The van der Waals surface area contributed by atoms with Crippen LogP contribution in [0.2, 0.25) is 0 Å². The van der Waals surface area contributed by atoms with Crippen molar-refractivity contribution in [3.8, 4) is 33.9 Å². The van der Waals surface area contributed by atoms with Crippen LogP contribution in [0.1, 0.15) is 17.5 Å². The minimum atomic E-state index is -1.82. The normalized spacial score (nSPS) is 20.0. The maximum atomic E-state index is 13.5. The maximum Gasteiger partial charge on any atom is 0.334 e. The van der Waals surface area contributed by atoms with E-state index < -0.39 is 55.3 Å². The van der Waals surface area contributed by atoms with Gasteiger partial charge in [-0.05, 0) is 61.9 Å². The number of aromatic amines is 1. The van der Waals surface area contributed by atoms with E-state index in [-0.39, 0.29) is 46.4 Å². The molecule has 6 atom stereocenters. The van der Waals surface area contributed by atoms with Crippen molar-refractivity contribution < 1.29 is 58.3 Å². The Hall–Kier alpha value is -6.46. The highest BCUT2D eigenvalue weighted by Gasteiger charge is 2.49. The topological polar surface area (TPSA) is 232 Å². The first-order chi connectivity index (χ1) is 27.4. The van der Waals surface area contributed by atoms with Gasteiger partial charge >= 0.3 is 11.9 Å². The van der Waals surface area contributed by atoms with Gasteiger partial charge in [-0.25, -0.2) is 9.59 Å². The number of nitrogens with zero attached hydrogens (tertiary/aromatic N) is 1. The number of carbonyl (C=O) groups excluding carboxylic acids is 2. The number of phenols is 1. The molecule has 0 amide bonds. The highest BCUT2D eigenvalue weighted by atomic mass is 16.8. The number of carboxylic acid groups (broad SMARTS) is 1. The number of aromatic nitrogens is 2. The Kier molecular flexibility index (Phi) is 11.1. The van der Waals surface area contributed by atoms with E-state index in [4.69, 9.17) is 23.5 Å². The van der Waals surface area contributed by atoms with Crippen LogP contribution in [0.4, 0.5) is 0 Å². The van der Waals surface area contributed by atoms with E-state index in [1.807, 2.05) is 38.1 Å². The van der Waals surface area contributed by atoms with Crippen LogP contribution in [-0.4, -0.2) is 98.3 Å². The molecule has 1 saturated heterocycles. The number of benzene rings is 3. The third kappa shape index (κ3) is 8.10. The number of hydrogen-bond donors (Lipinski definition) is 6. The van der Waals surface area contributed by atoms with Crippen molar-refractivity contribution in [3.05, 3.63) is 107 Å². The molecular weight excluding hydrogens is 742 g/mol. The van der Waals surface area contributed by atoms with Crippen LogP contribution >= 0.6 is 0 Å². The summed E-state index contributed by atoms with van der Waals surface area (Å²) in [6.07, 6.45) is -2.58. The number of aliphatic carboxylic acids is 1. The predicted molar refractivity (Wildman–Crippen MR) is 204 cm³/mol. The molecule has 6 N–H and O–H groups in total. The van der Waals surface area contributed by atoms with E-state index in [0.29, 0.717) is 17.5 Å². The van der Waals surface area contributed by atoms with Crippen LogP contribution in [0.3, 0.4) is 0 Å². The van der Waals surface area contributed by atoms with E-state index in [0.717, 1.165) is 27.6 Å². The summed E-state index contributed by atoms with van der Waals surface area (Å²) in [6.45, 7) is 3.12. The molecule has 0 spiro atoms. The molecule has 3 aromatic heterocycles. The first-order valence-corrected chi connectivity index (χ1v) is 18.0. The number of carbonyl (C=O) groups is 3. The molecule has 0 radical (unpaired) electrons. The van der Waals surface area contributed by atoms with Crippen LogP contribution in [0.5, 0.6) is 11.5 Å². The van der Waals surface area contributed by atoms with Crippen LogP contribution in [0, 0.1) is 13.8 Å². The summed E-state index contributed by atoms with van der Waals surface area (Å²) in [7, 11) is 0. The molecule has 6 aromatic rings. The fourth-order valence-electron chi connectivity index (χ4n) is 6.80. The van der Waals surface area contributed by atoms with Gasteiger partial charge in [0.25, 0.3) is 0 Å². The van der Waals surface area contributed by atoms with Gasteiger partial charge in [0.1, 0.15) is 60.2 Å². The second-order valence-electron chi connectivity index (χ2n) is 13.7. The predicted octanol–water partition coefficient (Wildman–Crippen LogP) is 3.23. The van der Waals surface area contributed by atoms with Crippen LogP contribution in [-0.2, 0) is 23.9 Å². The summed E-state index contributed by atoms with van der Waals surface area (Å²) in [5, 5.41) is 45.6. The lowest BCUT2D eigenvalue weighted by molar-refractivity contribution is -0.287. The second-order valence-corrected chi connectivity index (χ2v) is 13.7. The van der Waals surface area contributed by atoms with Crippen molar-refractivity contribution in [1.82, 2.24) is 15.0 Å². The number of rotatable bonds is 14. The van der Waals surface area contributed by atoms with Gasteiger partial charge in [0.05, 0.1) is 22.7 Å². The molecule has 7 rings (SSSR count). The lowest BCUT2D eigenvalue weighted by atomic mass is 9.99. The van der Waals surface area contributed by atoms with Crippen molar-refractivity contribution in [2.24, 2.45) is 0 Å². The third-order valence-electron chi connectivity index (χ3n) is 9.53. The highest BCUT2D eigenvalue weighted by molar-refractivity contribution is 5.98. The van der Waals surface area contributed by atoms with Gasteiger partial charge in [0.2, 0.25) is 18.4 Å². The first kappa shape index (κ1) is 38.8. The Morgan fingerprint density at radius 3 is 2.47 bits per heavy atom. The lowest BCUT2D eigenvalue weighted by Gasteiger charge is -2.41. The number of aliphatic hydroxyl groups excluding tert-OH is 2. The van der Waals surface area contributed by atoms with Crippen molar-refractivity contribution >= 4 is 40.1 Å². The Labute approximate surface area is 323 Å². The molecule has 6 unspecified atom stereocenters. The Balaban J connectivity index is 1.21. The minimum absolute atomic E-state index is 0.0411. The average molecular weight is 782 g/mol. The number of aliphatic hydroxyl groups is 2. The number of aromatic hydroxyl groups is 1. The SMILES string of the molecule is Cc1cc(C)cc(-c2c3[nH]ccc3cn2OC2C(Oc3ccc4c(=O)c(-c5ccc(O)cc5)coc4c3)OC(COC(=O)C(NCCC=O)C(=O)O)C(O)C2O)c1. The van der Waals surface area contributed by atoms with Gasteiger partial charge in [-0.1, -0.05) is 29.3 Å². The first-order valence-electron chi connectivity index (χ1n) is 18.0. The Morgan fingerprint density at radius 2 is 1.75 bits per heavy atom. The van der Waals surface area contributed by atoms with E-state index in [2.05, 4.69) is 10.3 Å². The number of ether oxygens (including phenoxy) is 3. The van der Waals surface area contributed by atoms with Crippen LogP contribution < -0.4 is 20.3 Å². The monoisotopic (exact) mass is 781 g/mol. The number of esters is 1. The molecule has 1 aliphatic heterocycles. The summed E-state index contributed by atoms with van der Waals surface area (Å²) in [4.78, 5) is 58.4. The van der Waals surface area contributed by atoms with Gasteiger partial charge in [0, 0.05) is 36.2 Å². The average Bonchev–Trinajstić information content (AvgIpc) is 3.77. The molecule has 3 aromatic carbocycles. The highest BCUT2D eigenvalue weighted by Crippen LogP contribution is 2.33. The molecule has 1 fully saturated rings. The molecular formula is C41H39N3O13. The fraction of sp³-hybridized carbons (Fsp3) is 0.268. The van der Waals surface area contributed by atoms with E-state index in [1.165, 1.54) is 41.3 Å². The standard InChI is InChI=1S/C41H39N3O13/c1-21-14-22(2)16-25(15-21)34-32-24(10-12-43-32)18-44(34)57-38-37(49)36(48)31(20-54-40(52)33(39(50)51)42-11-3-13-45)56-41(38)55-27-8-9-28-30(17-27)53-19-29(35(28)47)23-4-6-26(46)7-5-23/h4-10,12-19,31,33,36-38,41-43,46,48-49H,3,11,20H2,1-2H3,(H,50,51). The number of H-pyrrole nitrogens is 1. The Bertz CT molecular complexity index is 2470. The summed E-state index contributed by atoms with van der Waals surface area (Å²) < 4.78 is 24.9. The molecule has 1 aliphatic rings. The number of hydrogen-bond acceptors (Lipinski definition) is 13. The van der Waals surface area contributed by atoms with E-state index in [1.54, 1.807) is 24.5 Å². The van der Waals surface area contributed by atoms with Crippen LogP contribution in [0.15, 0.2) is 94.6 Å². The van der Waals surface area contributed by atoms with Gasteiger partial charge in [-0.3, -0.25) is 10.1 Å². The van der Waals surface area contributed by atoms with Crippen LogP contribution in [0.25, 0.3) is 44.3 Å². The number of fused-ring (bicyclic) bond motifs is 2. The molecule has 4 heterocycles. The summed E-state index contributed by atoms with van der Waals surface area (Å²) >= 11 is 0.